The first-order chi connectivity index (χ1) is 10.1. The average Bonchev–Trinajstić information content (AvgIpc) is 3.10. The summed E-state index contributed by atoms with van der Waals surface area (Å²) in [6, 6.07) is 5.66. The molecule has 1 atom stereocenters. The molecular weight excluding hydrogens is 302 g/mol. The lowest BCUT2D eigenvalue weighted by Crippen LogP contribution is -2.35. The number of carbonyl (C=O) groups is 2. The summed E-state index contributed by atoms with van der Waals surface area (Å²) in [4.78, 5) is 24.2. The molecule has 0 bridgehead atoms. The summed E-state index contributed by atoms with van der Waals surface area (Å²) in [7, 11) is 0. The van der Waals surface area contributed by atoms with Gasteiger partial charge < -0.3 is 16.0 Å². The van der Waals surface area contributed by atoms with Gasteiger partial charge in [-0.25, -0.2) is 0 Å². The van der Waals surface area contributed by atoms with Crippen molar-refractivity contribution in [2.45, 2.75) is 44.7 Å². The zero-order valence-electron chi connectivity index (χ0n) is 12.6. The molecule has 6 heteroatoms. The number of amides is 2. The van der Waals surface area contributed by atoms with Crippen LogP contribution in [0.15, 0.2) is 18.2 Å². The Morgan fingerprint density at radius 1 is 1.23 bits per heavy atom. The van der Waals surface area contributed by atoms with Crippen molar-refractivity contribution >= 4 is 29.9 Å². The number of nitrogens with one attached hydrogen (secondary N) is 3. The molecule has 2 fully saturated rings. The summed E-state index contributed by atoms with van der Waals surface area (Å²) >= 11 is 0. The zero-order valence-corrected chi connectivity index (χ0v) is 13.5. The molecule has 3 rings (SSSR count). The number of rotatable bonds is 4. The Morgan fingerprint density at radius 2 is 2.00 bits per heavy atom. The van der Waals surface area contributed by atoms with Gasteiger partial charge in [0.2, 0.25) is 5.91 Å². The van der Waals surface area contributed by atoms with Crippen molar-refractivity contribution in [3.05, 3.63) is 29.3 Å². The summed E-state index contributed by atoms with van der Waals surface area (Å²) in [5.74, 6) is -0.0812. The van der Waals surface area contributed by atoms with Crippen molar-refractivity contribution in [3.63, 3.8) is 0 Å². The molecule has 1 aromatic rings. The minimum Gasteiger partial charge on any atom is -0.349 e. The average molecular weight is 324 g/mol. The van der Waals surface area contributed by atoms with E-state index in [0.717, 1.165) is 43.5 Å². The Hall–Kier alpha value is -1.59. The number of hydrogen-bond acceptors (Lipinski definition) is 3. The lowest BCUT2D eigenvalue weighted by atomic mass is 10.1. The van der Waals surface area contributed by atoms with Gasteiger partial charge in [0.15, 0.2) is 0 Å². The van der Waals surface area contributed by atoms with Crippen LogP contribution >= 0.6 is 12.4 Å². The predicted octanol–water partition coefficient (Wildman–Crippen LogP) is 2.00. The molecule has 1 saturated heterocycles. The molecule has 1 aromatic carbocycles. The highest BCUT2D eigenvalue weighted by atomic mass is 35.5. The number of halogens is 1. The van der Waals surface area contributed by atoms with Crippen LogP contribution in [0.4, 0.5) is 5.69 Å². The maximum Gasteiger partial charge on any atom is 0.251 e. The van der Waals surface area contributed by atoms with Gasteiger partial charge in [-0.3, -0.25) is 9.59 Å². The number of aryl methyl sites for hydroxylation is 1. The molecular formula is C16H22ClN3O2. The fraction of sp³-hybridized carbons (Fsp3) is 0.500. The molecule has 1 aliphatic heterocycles. The van der Waals surface area contributed by atoms with Gasteiger partial charge in [0.05, 0.1) is 6.04 Å². The Labute approximate surface area is 136 Å². The molecule has 1 heterocycles. The van der Waals surface area contributed by atoms with E-state index in [9.17, 15) is 9.59 Å². The second-order valence-corrected chi connectivity index (χ2v) is 5.92. The fourth-order valence-electron chi connectivity index (χ4n) is 2.52. The lowest BCUT2D eigenvalue weighted by Gasteiger charge is -2.14. The largest absolute Gasteiger partial charge is 0.349 e. The third-order valence-corrected chi connectivity index (χ3v) is 4.05. The van der Waals surface area contributed by atoms with Gasteiger partial charge >= 0.3 is 0 Å². The van der Waals surface area contributed by atoms with E-state index in [0.29, 0.717) is 11.6 Å². The molecule has 22 heavy (non-hydrogen) atoms. The van der Waals surface area contributed by atoms with Gasteiger partial charge in [0.25, 0.3) is 5.91 Å². The predicted molar refractivity (Wildman–Crippen MR) is 88.6 cm³/mol. The third kappa shape index (κ3) is 3.99. The first kappa shape index (κ1) is 16.8. The highest BCUT2D eigenvalue weighted by Crippen LogP contribution is 2.21. The van der Waals surface area contributed by atoms with Crippen molar-refractivity contribution in [1.29, 1.82) is 0 Å². The number of carbonyl (C=O) groups excluding carboxylic acids is 2. The minimum atomic E-state index is -0.117. The lowest BCUT2D eigenvalue weighted by molar-refractivity contribution is -0.117. The van der Waals surface area contributed by atoms with Gasteiger partial charge in [-0.05, 0) is 56.8 Å². The second-order valence-electron chi connectivity index (χ2n) is 5.92. The number of anilines is 1. The summed E-state index contributed by atoms with van der Waals surface area (Å²) in [5.41, 5.74) is 2.28. The molecule has 1 saturated carbocycles. The molecule has 5 nitrogen and oxygen atoms in total. The molecule has 1 aliphatic carbocycles. The van der Waals surface area contributed by atoms with Crippen LogP contribution in [0.1, 0.15) is 41.6 Å². The zero-order chi connectivity index (χ0) is 14.8. The van der Waals surface area contributed by atoms with E-state index >= 15 is 0 Å². The maximum absolute atomic E-state index is 12.2. The quantitative estimate of drug-likeness (QED) is 0.793. The van der Waals surface area contributed by atoms with Gasteiger partial charge in [-0.15, -0.1) is 12.4 Å². The van der Waals surface area contributed by atoms with E-state index in [4.69, 9.17) is 0 Å². The number of benzene rings is 1. The first-order valence-corrected chi connectivity index (χ1v) is 7.59. The van der Waals surface area contributed by atoms with Crippen LogP contribution in [0, 0.1) is 6.92 Å². The molecule has 3 N–H and O–H groups in total. The SMILES string of the molecule is Cc1ccc(C(=O)NC2CC2)cc1NC(=O)C1CCCN1.Cl. The molecule has 0 spiro atoms. The van der Waals surface area contributed by atoms with Gasteiger partial charge in [0.1, 0.15) is 0 Å². The molecule has 0 aromatic heterocycles. The van der Waals surface area contributed by atoms with E-state index < -0.39 is 0 Å². The van der Waals surface area contributed by atoms with Crippen LogP contribution in [0.2, 0.25) is 0 Å². The maximum atomic E-state index is 12.2. The summed E-state index contributed by atoms with van der Waals surface area (Å²) in [6.45, 7) is 2.82. The van der Waals surface area contributed by atoms with Gasteiger partial charge in [-0.2, -0.15) is 0 Å². The first-order valence-electron chi connectivity index (χ1n) is 7.59. The normalized spacial score (nSPS) is 20.1. The highest BCUT2D eigenvalue weighted by molar-refractivity contribution is 5.99. The van der Waals surface area contributed by atoms with Crippen LogP contribution in [0.5, 0.6) is 0 Å². The van der Waals surface area contributed by atoms with Crippen molar-refractivity contribution in [3.8, 4) is 0 Å². The minimum absolute atomic E-state index is 0. The van der Waals surface area contributed by atoms with Crippen molar-refractivity contribution in [2.75, 3.05) is 11.9 Å². The van der Waals surface area contributed by atoms with E-state index in [-0.39, 0.29) is 30.3 Å². The second kappa shape index (κ2) is 7.11. The molecule has 1 unspecified atom stereocenters. The third-order valence-electron chi connectivity index (χ3n) is 4.05. The molecule has 2 aliphatic rings. The molecule has 120 valence electrons. The van der Waals surface area contributed by atoms with Gasteiger partial charge in [-0.1, -0.05) is 6.07 Å². The Balaban J connectivity index is 0.00000176. The smallest absolute Gasteiger partial charge is 0.251 e. The van der Waals surface area contributed by atoms with E-state index in [1.807, 2.05) is 13.0 Å². The van der Waals surface area contributed by atoms with E-state index in [1.54, 1.807) is 12.1 Å². The fourth-order valence-corrected chi connectivity index (χ4v) is 2.52. The highest BCUT2D eigenvalue weighted by Gasteiger charge is 2.25. The van der Waals surface area contributed by atoms with Crippen LogP contribution in [-0.2, 0) is 4.79 Å². The van der Waals surface area contributed by atoms with Crippen LogP contribution in [0.3, 0.4) is 0 Å². The topological polar surface area (TPSA) is 70.2 Å². The van der Waals surface area contributed by atoms with Crippen molar-refractivity contribution < 1.29 is 9.59 Å². The van der Waals surface area contributed by atoms with Crippen molar-refractivity contribution in [1.82, 2.24) is 10.6 Å². The van der Waals surface area contributed by atoms with Crippen LogP contribution in [-0.4, -0.2) is 30.4 Å². The Bertz CT molecular complexity index is 567. The Morgan fingerprint density at radius 3 is 2.64 bits per heavy atom. The van der Waals surface area contributed by atoms with Gasteiger partial charge in [0, 0.05) is 17.3 Å². The van der Waals surface area contributed by atoms with E-state index in [1.165, 1.54) is 0 Å². The summed E-state index contributed by atoms with van der Waals surface area (Å²) in [5, 5.41) is 9.07. The molecule has 2 amide bonds. The number of hydrogen-bond donors (Lipinski definition) is 3. The summed E-state index contributed by atoms with van der Waals surface area (Å²) < 4.78 is 0. The summed E-state index contributed by atoms with van der Waals surface area (Å²) in [6.07, 6.45) is 4.02. The Kier molecular flexibility index (Phi) is 5.42. The molecule has 0 radical (unpaired) electrons. The monoisotopic (exact) mass is 323 g/mol. The van der Waals surface area contributed by atoms with Crippen LogP contribution in [0.25, 0.3) is 0 Å². The standard InChI is InChI=1S/C16H21N3O2.ClH/c1-10-4-5-11(15(20)18-12-6-7-12)9-14(10)19-16(21)13-3-2-8-17-13;/h4-5,9,12-13,17H,2-3,6-8H2,1H3,(H,18,20)(H,19,21);1H. The van der Waals surface area contributed by atoms with E-state index in [2.05, 4.69) is 16.0 Å². The van der Waals surface area contributed by atoms with Crippen molar-refractivity contribution in [2.24, 2.45) is 0 Å². The van der Waals surface area contributed by atoms with Crippen LogP contribution < -0.4 is 16.0 Å².